The van der Waals surface area contributed by atoms with Gasteiger partial charge < -0.3 is 0 Å². The van der Waals surface area contributed by atoms with Crippen molar-refractivity contribution in [1.29, 1.82) is 0 Å². The highest BCUT2D eigenvalue weighted by atomic mass is 79.9. The molecular weight excluding hydrogens is 402 g/mol. The van der Waals surface area contributed by atoms with Crippen LogP contribution in [-0.2, 0) is 12.1 Å². The molecule has 0 aliphatic heterocycles. The van der Waals surface area contributed by atoms with Crippen LogP contribution in [0.15, 0.2) is 22.7 Å². The highest BCUT2D eigenvalue weighted by Gasteiger charge is 2.73. The van der Waals surface area contributed by atoms with Crippen LogP contribution in [-0.4, -0.2) is 18.5 Å². The smallest absolute Gasteiger partial charge is 0.218 e. The summed E-state index contributed by atoms with van der Waals surface area (Å²) in [7, 11) is 0. The Morgan fingerprint density at radius 3 is 1.55 bits per heavy atom. The fraction of sp³-hybridized carbons (Fsp3) is 0.455. The van der Waals surface area contributed by atoms with Crippen LogP contribution in [0.2, 0.25) is 0 Å². The summed E-state index contributed by atoms with van der Waals surface area (Å²) in [6, 6.07) is 0.699. The van der Waals surface area contributed by atoms with Gasteiger partial charge in [-0.25, -0.2) is 4.39 Å². The molecule has 1 aromatic carbocycles. The van der Waals surface area contributed by atoms with E-state index in [0.717, 1.165) is 0 Å². The zero-order chi connectivity index (χ0) is 17.6. The van der Waals surface area contributed by atoms with Gasteiger partial charge in [-0.15, -0.1) is 0 Å². The standard InChI is InChI=1S/C11H5BrF10/c12-7-2-5(4-8(13,14)15)1-6(3-7)9(16,10(17,18)19)11(20,21)22/h1-3H,4H2. The van der Waals surface area contributed by atoms with Crippen LogP contribution in [0.1, 0.15) is 11.1 Å². The van der Waals surface area contributed by atoms with Crippen LogP contribution in [0.3, 0.4) is 0 Å². The Morgan fingerprint density at radius 2 is 1.18 bits per heavy atom. The summed E-state index contributed by atoms with van der Waals surface area (Å²) in [6.07, 6.45) is -19.5. The Balaban J connectivity index is 3.52. The van der Waals surface area contributed by atoms with Crippen molar-refractivity contribution in [1.82, 2.24) is 0 Å². The molecular formula is C11H5BrF10. The zero-order valence-electron chi connectivity index (χ0n) is 10.1. The van der Waals surface area contributed by atoms with Gasteiger partial charge >= 0.3 is 24.2 Å². The number of rotatable bonds is 2. The molecule has 0 nitrogen and oxygen atoms in total. The second-order valence-corrected chi connectivity index (χ2v) is 5.21. The van der Waals surface area contributed by atoms with Crippen molar-refractivity contribution < 1.29 is 43.9 Å². The molecule has 1 aromatic rings. The maximum absolute atomic E-state index is 13.8. The first-order chi connectivity index (χ1) is 9.58. The highest BCUT2D eigenvalue weighted by molar-refractivity contribution is 9.10. The van der Waals surface area contributed by atoms with Crippen molar-refractivity contribution in [3.05, 3.63) is 33.8 Å². The molecule has 1 rings (SSSR count). The van der Waals surface area contributed by atoms with E-state index in [1.807, 2.05) is 0 Å². The van der Waals surface area contributed by atoms with Crippen molar-refractivity contribution in [2.75, 3.05) is 0 Å². The molecule has 0 amide bonds. The lowest BCUT2D eigenvalue weighted by Crippen LogP contribution is -2.50. The van der Waals surface area contributed by atoms with E-state index in [1.54, 1.807) is 0 Å². The van der Waals surface area contributed by atoms with Crippen LogP contribution in [0, 0.1) is 0 Å². The lowest BCUT2D eigenvalue weighted by molar-refractivity contribution is -0.348. The van der Waals surface area contributed by atoms with Crippen LogP contribution in [0.5, 0.6) is 0 Å². The molecule has 0 aliphatic rings. The topological polar surface area (TPSA) is 0 Å². The number of halogens is 11. The fourth-order valence-corrected chi connectivity index (χ4v) is 2.21. The molecule has 126 valence electrons. The summed E-state index contributed by atoms with van der Waals surface area (Å²) < 4.78 is 125. The van der Waals surface area contributed by atoms with Gasteiger partial charge in [0, 0.05) is 10.0 Å². The average molecular weight is 407 g/mol. The molecule has 0 radical (unpaired) electrons. The van der Waals surface area contributed by atoms with Crippen LogP contribution < -0.4 is 0 Å². The first-order valence-electron chi connectivity index (χ1n) is 5.27. The van der Waals surface area contributed by atoms with Crippen LogP contribution in [0.25, 0.3) is 0 Å². The summed E-state index contributed by atoms with van der Waals surface area (Å²) in [5.74, 6) is 0. The van der Waals surface area contributed by atoms with E-state index in [4.69, 9.17) is 0 Å². The molecule has 11 heteroatoms. The van der Waals surface area contributed by atoms with Crippen molar-refractivity contribution in [3.8, 4) is 0 Å². The predicted molar refractivity (Wildman–Crippen MR) is 58.8 cm³/mol. The minimum atomic E-state index is -6.39. The summed E-state index contributed by atoms with van der Waals surface area (Å²) in [4.78, 5) is 0. The molecule has 0 N–H and O–H groups in total. The van der Waals surface area contributed by atoms with Gasteiger partial charge in [-0.3, -0.25) is 0 Å². The van der Waals surface area contributed by atoms with E-state index in [2.05, 4.69) is 15.9 Å². The minimum Gasteiger partial charge on any atom is -0.218 e. The van der Waals surface area contributed by atoms with Gasteiger partial charge in [0.2, 0.25) is 0 Å². The molecule has 0 saturated heterocycles. The highest BCUT2D eigenvalue weighted by Crippen LogP contribution is 2.53. The van der Waals surface area contributed by atoms with Crippen molar-refractivity contribution in [2.45, 2.75) is 30.6 Å². The Kier molecular flexibility index (Phi) is 4.82. The second kappa shape index (κ2) is 5.57. The van der Waals surface area contributed by atoms with E-state index in [1.165, 1.54) is 0 Å². The third kappa shape index (κ3) is 3.85. The van der Waals surface area contributed by atoms with Crippen LogP contribution in [0.4, 0.5) is 43.9 Å². The van der Waals surface area contributed by atoms with Gasteiger partial charge in [-0.2, -0.15) is 39.5 Å². The molecule has 22 heavy (non-hydrogen) atoms. The number of benzene rings is 1. The average Bonchev–Trinajstić information content (AvgIpc) is 2.21. The Bertz CT molecular complexity index is 525. The largest absolute Gasteiger partial charge is 0.435 e. The van der Waals surface area contributed by atoms with Gasteiger partial charge in [0.15, 0.2) is 0 Å². The van der Waals surface area contributed by atoms with Crippen molar-refractivity contribution in [3.63, 3.8) is 0 Å². The van der Waals surface area contributed by atoms with E-state index in [-0.39, 0.29) is 12.1 Å². The number of hydrogen-bond donors (Lipinski definition) is 0. The fourth-order valence-electron chi connectivity index (χ4n) is 1.67. The molecule has 0 aromatic heterocycles. The molecule has 0 atom stereocenters. The molecule has 0 saturated carbocycles. The molecule has 0 bridgehead atoms. The Labute approximate surface area is 125 Å². The summed E-state index contributed by atoms with van der Waals surface area (Å²) in [5, 5.41) is 0. The first-order valence-corrected chi connectivity index (χ1v) is 6.06. The second-order valence-electron chi connectivity index (χ2n) is 4.29. The van der Waals surface area contributed by atoms with E-state index in [9.17, 15) is 43.9 Å². The zero-order valence-corrected chi connectivity index (χ0v) is 11.7. The van der Waals surface area contributed by atoms with Crippen LogP contribution >= 0.6 is 15.9 Å². The molecule has 0 fully saturated rings. The van der Waals surface area contributed by atoms with E-state index >= 15 is 0 Å². The monoisotopic (exact) mass is 406 g/mol. The Morgan fingerprint density at radius 1 is 0.727 bits per heavy atom. The summed E-state index contributed by atoms with van der Waals surface area (Å²) in [5.41, 5.74) is -8.68. The van der Waals surface area contributed by atoms with Gasteiger partial charge in [-0.05, 0) is 17.7 Å². The van der Waals surface area contributed by atoms with Crippen molar-refractivity contribution >= 4 is 15.9 Å². The maximum atomic E-state index is 13.8. The lowest BCUT2D eigenvalue weighted by Gasteiger charge is -2.30. The number of hydrogen-bond acceptors (Lipinski definition) is 0. The third-order valence-electron chi connectivity index (χ3n) is 2.54. The molecule has 0 spiro atoms. The minimum absolute atomic E-state index is 0.0980. The normalized spacial score (nSPS) is 14.3. The molecule has 0 aliphatic carbocycles. The number of alkyl halides is 10. The molecule has 0 heterocycles. The van der Waals surface area contributed by atoms with Gasteiger partial charge in [-0.1, -0.05) is 22.0 Å². The third-order valence-corrected chi connectivity index (χ3v) is 3.00. The quantitative estimate of drug-likeness (QED) is 0.541. The first kappa shape index (κ1) is 19.0. The van der Waals surface area contributed by atoms with Gasteiger partial charge in [0.05, 0.1) is 6.42 Å². The predicted octanol–water partition coefficient (Wildman–Crippen LogP) is 5.84. The maximum Gasteiger partial charge on any atom is 0.435 e. The summed E-state index contributed by atoms with van der Waals surface area (Å²) in [6.45, 7) is 0. The van der Waals surface area contributed by atoms with Crippen molar-refractivity contribution in [2.24, 2.45) is 0 Å². The van der Waals surface area contributed by atoms with E-state index in [0.29, 0.717) is 6.07 Å². The summed E-state index contributed by atoms with van der Waals surface area (Å²) >= 11 is 2.48. The van der Waals surface area contributed by atoms with E-state index < -0.39 is 46.2 Å². The molecule has 0 unspecified atom stereocenters. The van der Waals surface area contributed by atoms with Gasteiger partial charge in [0.25, 0.3) is 0 Å². The van der Waals surface area contributed by atoms with Gasteiger partial charge in [0.1, 0.15) is 0 Å². The lowest BCUT2D eigenvalue weighted by atomic mass is 9.92. The Hall–Kier alpha value is -1.00. The SMILES string of the molecule is FC(F)(F)Cc1cc(Br)cc(C(F)(C(F)(F)F)C(F)(F)F)c1.